The van der Waals surface area contributed by atoms with E-state index < -0.39 is 17.8 Å². The Morgan fingerprint density at radius 2 is 2.04 bits per heavy atom. The Balaban J connectivity index is 1.66. The van der Waals surface area contributed by atoms with E-state index in [-0.39, 0.29) is 24.8 Å². The third-order valence-electron chi connectivity index (χ3n) is 4.19. The van der Waals surface area contributed by atoms with Crippen molar-refractivity contribution in [3.05, 3.63) is 53.6 Å². The van der Waals surface area contributed by atoms with Crippen molar-refractivity contribution < 1.29 is 19.1 Å². The van der Waals surface area contributed by atoms with Gasteiger partial charge in [-0.15, -0.1) is 0 Å². The van der Waals surface area contributed by atoms with Crippen LogP contribution in [0.15, 0.2) is 36.7 Å². The number of likely N-dealkylation sites (tertiary alicyclic amines) is 1. The molecule has 2 unspecified atom stereocenters. The highest BCUT2D eigenvalue weighted by Gasteiger charge is 2.39. The maximum Gasteiger partial charge on any atom is 0.233 e. The molecule has 1 saturated heterocycles. The summed E-state index contributed by atoms with van der Waals surface area (Å²) in [5.41, 5.74) is 1.36. The molecule has 0 radical (unpaired) electrons. The van der Waals surface area contributed by atoms with Crippen molar-refractivity contribution in [3.63, 3.8) is 0 Å². The van der Waals surface area contributed by atoms with Crippen molar-refractivity contribution >= 4 is 11.8 Å². The summed E-state index contributed by atoms with van der Waals surface area (Å²) in [7, 11) is 1.79. The SMILES string of the molecule is Cn1cc(CC2CC(=O)N(CC(O)c3ccc(F)cc3)C2=O)cn1. The Morgan fingerprint density at radius 1 is 1.33 bits per heavy atom. The smallest absolute Gasteiger partial charge is 0.233 e. The lowest BCUT2D eigenvalue weighted by molar-refractivity contribution is -0.141. The number of aryl methyl sites for hydroxylation is 1. The first-order valence-corrected chi connectivity index (χ1v) is 7.69. The molecule has 2 heterocycles. The first kappa shape index (κ1) is 16.3. The molecule has 0 aliphatic carbocycles. The number of hydrogen-bond acceptors (Lipinski definition) is 4. The molecule has 3 rings (SSSR count). The molecule has 126 valence electrons. The molecule has 7 heteroatoms. The van der Waals surface area contributed by atoms with E-state index in [2.05, 4.69) is 5.10 Å². The Morgan fingerprint density at radius 3 is 2.67 bits per heavy atom. The number of hydrogen-bond donors (Lipinski definition) is 1. The van der Waals surface area contributed by atoms with Gasteiger partial charge in [0.1, 0.15) is 5.82 Å². The molecule has 2 amide bonds. The predicted octanol–water partition coefficient (Wildman–Crippen LogP) is 1.21. The van der Waals surface area contributed by atoms with Crippen LogP contribution in [0.2, 0.25) is 0 Å². The van der Waals surface area contributed by atoms with Crippen LogP contribution in [0.3, 0.4) is 0 Å². The number of benzene rings is 1. The molecule has 1 N–H and O–H groups in total. The molecule has 2 atom stereocenters. The highest BCUT2D eigenvalue weighted by molar-refractivity contribution is 6.03. The molecule has 1 fully saturated rings. The number of nitrogens with zero attached hydrogens (tertiary/aromatic N) is 3. The number of β-amino-alcohol motifs (C(OH)–C–C–N with tert-alkyl or cyclic N) is 1. The fourth-order valence-corrected chi connectivity index (χ4v) is 2.93. The van der Waals surface area contributed by atoms with E-state index >= 15 is 0 Å². The maximum absolute atomic E-state index is 12.9. The van der Waals surface area contributed by atoms with Gasteiger partial charge in [-0.3, -0.25) is 19.2 Å². The summed E-state index contributed by atoms with van der Waals surface area (Å²) in [6.07, 6.45) is 3.03. The first-order valence-electron chi connectivity index (χ1n) is 7.69. The number of rotatable bonds is 5. The summed E-state index contributed by atoms with van der Waals surface area (Å²) in [4.78, 5) is 25.7. The summed E-state index contributed by atoms with van der Waals surface area (Å²) in [5.74, 6) is -1.42. The van der Waals surface area contributed by atoms with Crippen LogP contribution in [0.5, 0.6) is 0 Å². The van der Waals surface area contributed by atoms with Gasteiger partial charge >= 0.3 is 0 Å². The number of imide groups is 1. The number of halogens is 1. The van der Waals surface area contributed by atoms with Crippen LogP contribution in [0, 0.1) is 11.7 Å². The van der Waals surface area contributed by atoms with Crippen LogP contribution in [-0.4, -0.2) is 38.1 Å². The van der Waals surface area contributed by atoms with Gasteiger partial charge in [-0.1, -0.05) is 12.1 Å². The van der Waals surface area contributed by atoms with Crippen molar-refractivity contribution in [2.24, 2.45) is 13.0 Å². The maximum atomic E-state index is 12.9. The van der Waals surface area contributed by atoms with Crippen molar-refractivity contribution in [2.75, 3.05) is 6.54 Å². The molecule has 1 aromatic carbocycles. The third kappa shape index (κ3) is 3.35. The van der Waals surface area contributed by atoms with Crippen LogP contribution in [0.1, 0.15) is 23.7 Å². The van der Waals surface area contributed by atoms with Crippen LogP contribution in [-0.2, 0) is 23.1 Å². The van der Waals surface area contributed by atoms with Crippen LogP contribution >= 0.6 is 0 Å². The molecule has 0 spiro atoms. The summed E-state index contributed by atoms with van der Waals surface area (Å²) < 4.78 is 14.6. The lowest BCUT2D eigenvalue weighted by Gasteiger charge is -2.19. The zero-order valence-corrected chi connectivity index (χ0v) is 13.2. The second kappa shape index (κ2) is 6.52. The standard InChI is InChI=1S/C17H18FN3O3/c1-20-9-11(8-19-20)6-13-7-16(23)21(17(13)24)10-15(22)12-2-4-14(18)5-3-12/h2-5,8-9,13,15,22H,6-7,10H2,1H3. The van der Waals surface area contributed by atoms with Crippen LogP contribution < -0.4 is 0 Å². The zero-order valence-electron chi connectivity index (χ0n) is 13.2. The topological polar surface area (TPSA) is 75.4 Å². The van der Waals surface area contributed by atoms with E-state index in [1.54, 1.807) is 17.9 Å². The van der Waals surface area contributed by atoms with Crippen molar-refractivity contribution in [3.8, 4) is 0 Å². The summed E-state index contributed by atoms with van der Waals surface area (Å²) in [6, 6.07) is 5.35. The number of carbonyl (C=O) groups excluding carboxylic acids is 2. The van der Waals surface area contributed by atoms with Gasteiger partial charge in [0.25, 0.3) is 0 Å². The highest BCUT2D eigenvalue weighted by atomic mass is 19.1. The molecule has 24 heavy (non-hydrogen) atoms. The number of amides is 2. The average molecular weight is 331 g/mol. The number of aliphatic hydroxyl groups is 1. The van der Waals surface area contributed by atoms with E-state index in [1.807, 2.05) is 6.20 Å². The minimum absolute atomic E-state index is 0.118. The molecule has 2 aromatic rings. The Labute approximate surface area is 138 Å². The zero-order chi connectivity index (χ0) is 17.3. The molecule has 1 aliphatic heterocycles. The van der Waals surface area contributed by atoms with E-state index in [1.165, 1.54) is 24.3 Å². The fourth-order valence-electron chi connectivity index (χ4n) is 2.93. The molecule has 0 saturated carbocycles. The second-order valence-corrected chi connectivity index (χ2v) is 6.04. The summed E-state index contributed by atoms with van der Waals surface area (Å²) >= 11 is 0. The summed E-state index contributed by atoms with van der Waals surface area (Å²) in [6.45, 7) is -0.118. The molecular formula is C17H18FN3O3. The average Bonchev–Trinajstić information content (AvgIpc) is 3.06. The summed E-state index contributed by atoms with van der Waals surface area (Å²) in [5, 5.41) is 14.3. The van der Waals surface area contributed by atoms with E-state index in [9.17, 15) is 19.1 Å². The van der Waals surface area contributed by atoms with Gasteiger partial charge in [-0.05, 0) is 29.7 Å². The minimum atomic E-state index is -1.03. The Kier molecular flexibility index (Phi) is 4.44. The first-order chi connectivity index (χ1) is 11.4. The highest BCUT2D eigenvalue weighted by Crippen LogP contribution is 2.26. The van der Waals surface area contributed by atoms with E-state index in [0.717, 1.165) is 10.5 Å². The van der Waals surface area contributed by atoms with Gasteiger partial charge in [0.2, 0.25) is 11.8 Å². The lowest BCUT2D eigenvalue weighted by Crippen LogP contribution is -2.34. The normalized spacial score (nSPS) is 19.1. The fraction of sp³-hybridized carbons (Fsp3) is 0.353. The van der Waals surface area contributed by atoms with Crippen molar-refractivity contribution in [1.29, 1.82) is 0 Å². The monoisotopic (exact) mass is 331 g/mol. The Bertz CT molecular complexity index is 757. The molecular weight excluding hydrogens is 313 g/mol. The molecule has 1 aromatic heterocycles. The lowest BCUT2D eigenvalue weighted by atomic mass is 10.0. The van der Waals surface area contributed by atoms with Crippen molar-refractivity contribution in [2.45, 2.75) is 18.9 Å². The molecule has 6 nitrogen and oxygen atoms in total. The van der Waals surface area contributed by atoms with E-state index in [4.69, 9.17) is 0 Å². The van der Waals surface area contributed by atoms with E-state index in [0.29, 0.717) is 12.0 Å². The van der Waals surface area contributed by atoms with Gasteiger partial charge in [0, 0.05) is 19.7 Å². The quantitative estimate of drug-likeness (QED) is 0.836. The van der Waals surface area contributed by atoms with Gasteiger partial charge in [0.05, 0.1) is 24.8 Å². The number of aromatic nitrogens is 2. The molecule has 1 aliphatic rings. The Hall–Kier alpha value is -2.54. The number of aliphatic hydroxyl groups excluding tert-OH is 1. The third-order valence-corrected chi connectivity index (χ3v) is 4.19. The van der Waals surface area contributed by atoms with Gasteiger partial charge in [0.15, 0.2) is 0 Å². The largest absolute Gasteiger partial charge is 0.387 e. The molecule has 0 bridgehead atoms. The van der Waals surface area contributed by atoms with Crippen LogP contribution in [0.25, 0.3) is 0 Å². The minimum Gasteiger partial charge on any atom is -0.387 e. The van der Waals surface area contributed by atoms with Gasteiger partial charge in [-0.2, -0.15) is 5.10 Å². The van der Waals surface area contributed by atoms with Crippen molar-refractivity contribution in [1.82, 2.24) is 14.7 Å². The van der Waals surface area contributed by atoms with Gasteiger partial charge < -0.3 is 5.11 Å². The van der Waals surface area contributed by atoms with Crippen LogP contribution in [0.4, 0.5) is 4.39 Å². The number of carbonyl (C=O) groups is 2. The predicted molar refractivity (Wildman–Crippen MR) is 83.1 cm³/mol. The van der Waals surface area contributed by atoms with Gasteiger partial charge in [-0.25, -0.2) is 4.39 Å². The second-order valence-electron chi connectivity index (χ2n) is 6.04.